The minimum atomic E-state index is -4.52. The summed E-state index contributed by atoms with van der Waals surface area (Å²) in [6.45, 7) is 2.84. The van der Waals surface area contributed by atoms with Crippen LogP contribution in [0.1, 0.15) is 50.3 Å². The summed E-state index contributed by atoms with van der Waals surface area (Å²) in [5.74, 6) is -0.889. The molecular weight excluding hydrogens is 394 g/mol. The maximum absolute atomic E-state index is 14.5. The SMILES string of the molecule is CCCO[C@H](CC)c1ccc(NC(O)c2cncc(OCC(F)(F)F)n2)cc1F. The molecule has 2 aromatic rings. The number of hydrogen-bond donors (Lipinski definition) is 2. The van der Waals surface area contributed by atoms with Gasteiger partial charge in [-0.15, -0.1) is 0 Å². The molecule has 0 saturated carbocycles. The number of anilines is 1. The van der Waals surface area contributed by atoms with Gasteiger partial charge in [-0.25, -0.2) is 9.37 Å². The fourth-order valence-electron chi connectivity index (χ4n) is 2.52. The standard InChI is InChI=1S/C19H23F4N3O3/c1-3-7-28-16(4-2)13-6-5-12(8-14(13)20)25-18(27)15-9-24-10-17(26-15)29-11-19(21,22)23/h5-6,8-10,16,18,25,27H,3-4,7,11H2,1-2H3/t16-,18?/m1/s1. The second-order valence-electron chi connectivity index (χ2n) is 6.24. The maximum atomic E-state index is 14.5. The number of hydrogen-bond acceptors (Lipinski definition) is 6. The van der Waals surface area contributed by atoms with Crippen LogP contribution in [0.15, 0.2) is 30.6 Å². The van der Waals surface area contributed by atoms with E-state index in [9.17, 15) is 22.7 Å². The summed E-state index contributed by atoms with van der Waals surface area (Å²) in [7, 11) is 0. The molecular formula is C19H23F4N3O3. The molecule has 0 radical (unpaired) electrons. The van der Waals surface area contributed by atoms with Gasteiger partial charge in [-0.05, 0) is 25.0 Å². The molecule has 0 aliphatic heterocycles. The van der Waals surface area contributed by atoms with Gasteiger partial charge in [0.05, 0.1) is 18.5 Å². The van der Waals surface area contributed by atoms with Crippen molar-refractivity contribution in [1.29, 1.82) is 0 Å². The third-order valence-corrected chi connectivity index (χ3v) is 3.84. The van der Waals surface area contributed by atoms with E-state index in [0.29, 0.717) is 18.6 Å². The number of aromatic nitrogens is 2. The molecule has 2 rings (SSSR count). The predicted molar refractivity (Wildman–Crippen MR) is 97.8 cm³/mol. The Bertz CT molecular complexity index is 790. The Labute approximate surface area is 165 Å². The first-order valence-corrected chi connectivity index (χ1v) is 9.10. The van der Waals surface area contributed by atoms with E-state index in [1.165, 1.54) is 6.07 Å². The predicted octanol–water partition coefficient (Wildman–Crippen LogP) is 4.54. The number of nitrogens with one attached hydrogen (secondary N) is 1. The fraction of sp³-hybridized carbons (Fsp3) is 0.474. The van der Waals surface area contributed by atoms with Gasteiger partial charge in [0, 0.05) is 17.9 Å². The molecule has 0 bridgehead atoms. The first-order valence-electron chi connectivity index (χ1n) is 9.10. The van der Waals surface area contributed by atoms with Crippen molar-refractivity contribution in [2.45, 2.75) is 45.2 Å². The van der Waals surface area contributed by atoms with E-state index in [0.717, 1.165) is 18.8 Å². The van der Waals surface area contributed by atoms with Crippen LogP contribution in [0.4, 0.5) is 23.2 Å². The maximum Gasteiger partial charge on any atom is 0.422 e. The van der Waals surface area contributed by atoms with Gasteiger partial charge in [-0.1, -0.05) is 19.9 Å². The van der Waals surface area contributed by atoms with Gasteiger partial charge in [-0.3, -0.25) is 4.98 Å². The Hall–Kier alpha value is -2.46. The lowest BCUT2D eigenvalue weighted by Gasteiger charge is -2.19. The summed E-state index contributed by atoms with van der Waals surface area (Å²) < 4.78 is 61.3. The van der Waals surface area contributed by atoms with E-state index in [4.69, 9.17) is 4.74 Å². The zero-order chi connectivity index (χ0) is 21.4. The van der Waals surface area contributed by atoms with Crippen LogP contribution >= 0.6 is 0 Å². The van der Waals surface area contributed by atoms with Crippen LogP contribution < -0.4 is 10.1 Å². The Morgan fingerprint density at radius 2 is 1.97 bits per heavy atom. The zero-order valence-corrected chi connectivity index (χ0v) is 16.0. The highest BCUT2D eigenvalue weighted by atomic mass is 19.4. The van der Waals surface area contributed by atoms with Gasteiger partial charge in [0.2, 0.25) is 5.88 Å². The summed E-state index contributed by atoms with van der Waals surface area (Å²) in [6, 6.07) is 4.33. The van der Waals surface area contributed by atoms with Crippen molar-refractivity contribution in [3.63, 3.8) is 0 Å². The molecule has 0 amide bonds. The number of alkyl halides is 3. The minimum Gasteiger partial charge on any atom is -0.467 e. The number of ether oxygens (including phenoxy) is 2. The summed E-state index contributed by atoms with van der Waals surface area (Å²) in [5, 5.41) is 12.8. The summed E-state index contributed by atoms with van der Waals surface area (Å²) in [6.07, 6.45) is -2.75. The average Bonchev–Trinajstić information content (AvgIpc) is 2.68. The smallest absolute Gasteiger partial charge is 0.422 e. The fourth-order valence-corrected chi connectivity index (χ4v) is 2.52. The number of aliphatic hydroxyl groups excluding tert-OH is 1. The normalized spacial score (nSPS) is 13.8. The number of rotatable bonds is 10. The molecule has 1 heterocycles. The number of benzene rings is 1. The average molecular weight is 417 g/mol. The van der Waals surface area contributed by atoms with Crippen LogP contribution in [0.5, 0.6) is 5.88 Å². The molecule has 6 nitrogen and oxygen atoms in total. The van der Waals surface area contributed by atoms with Crippen LogP contribution in [-0.4, -0.2) is 34.5 Å². The second-order valence-corrected chi connectivity index (χ2v) is 6.24. The molecule has 1 unspecified atom stereocenters. The molecule has 0 saturated heterocycles. The van der Waals surface area contributed by atoms with Crippen LogP contribution in [0, 0.1) is 5.82 Å². The zero-order valence-electron chi connectivity index (χ0n) is 16.0. The van der Waals surface area contributed by atoms with Crippen LogP contribution in [0.25, 0.3) is 0 Å². The molecule has 2 N–H and O–H groups in total. The van der Waals surface area contributed by atoms with Crippen molar-refractivity contribution in [2.75, 3.05) is 18.5 Å². The number of nitrogens with zero attached hydrogens (tertiary/aromatic N) is 2. The monoisotopic (exact) mass is 417 g/mol. The number of halogens is 4. The molecule has 10 heteroatoms. The van der Waals surface area contributed by atoms with Crippen molar-refractivity contribution < 1.29 is 32.1 Å². The van der Waals surface area contributed by atoms with Crippen molar-refractivity contribution in [3.8, 4) is 5.88 Å². The highest BCUT2D eigenvalue weighted by molar-refractivity contribution is 5.47. The first kappa shape index (κ1) is 22.8. The Morgan fingerprint density at radius 3 is 2.59 bits per heavy atom. The van der Waals surface area contributed by atoms with Gasteiger partial charge in [0.15, 0.2) is 12.8 Å². The third kappa shape index (κ3) is 7.13. The van der Waals surface area contributed by atoms with Gasteiger partial charge in [0.1, 0.15) is 11.5 Å². The van der Waals surface area contributed by atoms with Crippen LogP contribution in [0.3, 0.4) is 0 Å². The second kappa shape index (κ2) is 10.4. The van der Waals surface area contributed by atoms with Gasteiger partial charge < -0.3 is 19.9 Å². The molecule has 0 aliphatic carbocycles. The van der Waals surface area contributed by atoms with Gasteiger partial charge in [-0.2, -0.15) is 13.2 Å². The van der Waals surface area contributed by atoms with Crippen LogP contribution in [-0.2, 0) is 4.74 Å². The highest BCUT2D eigenvalue weighted by Crippen LogP contribution is 2.27. The molecule has 1 aromatic heterocycles. The van der Waals surface area contributed by atoms with E-state index in [1.807, 2.05) is 13.8 Å². The summed E-state index contributed by atoms with van der Waals surface area (Å²) in [4.78, 5) is 7.47. The third-order valence-electron chi connectivity index (χ3n) is 3.84. The van der Waals surface area contributed by atoms with E-state index < -0.39 is 24.8 Å². The largest absolute Gasteiger partial charge is 0.467 e. The topological polar surface area (TPSA) is 76.5 Å². The Morgan fingerprint density at radius 1 is 1.21 bits per heavy atom. The minimum absolute atomic E-state index is 0.0770. The van der Waals surface area contributed by atoms with Gasteiger partial charge in [0.25, 0.3) is 0 Å². The van der Waals surface area contributed by atoms with Gasteiger partial charge >= 0.3 is 6.18 Å². The Kier molecular flexibility index (Phi) is 8.15. The lowest BCUT2D eigenvalue weighted by Crippen LogP contribution is -2.20. The quantitative estimate of drug-likeness (QED) is 0.437. The van der Waals surface area contributed by atoms with Crippen molar-refractivity contribution in [3.05, 3.63) is 47.7 Å². The molecule has 0 aliphatic rings. The Balaban J connectivity index is 2.07. The van der Waals surface area contributed by atoms with Crippen molar-refractivity contribution >= 4 is 5.69 Å². The molecule has 1 aromatic carbocycles. The molecule has 0 spiro atoms. The van der Waals surface area contributed by atoms with Crippen LogP contribution in [0.2, 0.25) is 0 Å². The molecule has 0 fully saturated rings. The lowest BCUT2D eigenvalue weighted by atomic mass is 10.1. The molecule has 2 atom stereocenters. The number of aliphatic hydroxyl groups is 1. The van der Waals surface area contributed by atoms with E-state index >= 15 is 0 Å². The molecule has 29 heavy (non-hydrogen) atoms. The first-order chi connectivity index (χ1) is 13.7. The van der Waals surface area contributed by atoms with Crippen molar-refractivity contribution in [2.24, 2.45) is 0 Å². The summed E-state index contributed by atoms with van der Waals surface area (Å²) >= 11 is 0. The van der Waals surface area contributed by atoms with E-state index in [1.54, 1.807) is 12.1 Å². The lowest BCUT2D eigenvalue weighted by molar-refractivity contribution is -0.154. The van der Waals surface area contributed by atoms with Crippen molar-refractivity contribution in [1.82, 2.24) is 9.97 Å². The highest BCUT2D eigenvalue weighted by Gasteiger charge is 2.29. The van der Waals surface area contributed by atoms with E-state index in [2.05, 4.69) is 20.0 Å². The van der Waals surface area contributed by atoms with E-state index in [-0.39, 0.29) is 23.4 Å². The summed E-state index contributed by atoms with van der Waals surface area (Å²) in [5.41, 5.74) is 0.586. The molecule has 160 valence electrons.